The van der Waals surface area contributed by atoms with Gasteiger partial charge in [0, 0.05) is 31.1 Å². The van der Waals surface area contributed by atoms with Crippen molar-refractivity contribution in [3.8, 4) is 0 Å². The third-order valence-corrected chi connectivity index (χ3v) is 7.48. The minimum atomic E-state index is -0.188. The Bertz CT molecular complexity index is 690. The van der Waals surface area contributed by atoms with Gasteiger partial charge in [0.1, 0.15) is 5.82 Å². The molecule has 1 saturated carbocycles. The highest BCUT2D eigenvalue weighted by atomic mass is 19.1. The van der Waals surface area contributed by atoms with Crippen LogP contribution in [0.4, 0.5) is 10.1 Å². The number of hydrogen-bond donors (Lipinski definition) is 0. The Morgan fingerprint density at radius 2 is 1.93 bits per heavy atom. The Morgan fingerprint density at radius 1 is 1.22 bits per heavy atom. The zero-order valence-corrected chi connectivity index (χ0v) is 16.8. The van der Waals surface area contributed by atoms with Crippen molar-refractivity contribution in [2.75, 3.05) is 31.1 Å². The molecule has 27 heavy (non-hydrogen) atoms. The highest BCUT2D eigenvalue weighted by Crippen LogP contribution is 2.47. The number of benzene rings is 1. The van der Waals surface area contributed by atoms with E-state index in [0.29, 0.717) is 6.54 Å². The fourth-order valence-corrected chi connectivity index (χ4v) is 5.77. The van der Waals surface area contributed by atoms with Crippen LogP contribution in [0, 0.1) is 17.7 Å². The molecule has 1 atom stereocenters. The van der Waals surface area contributed by atoms with E-state index in [4.69, 9.17) is 0 Å². The largest absolute Gasteiger partial charge is 0.311 e. The SMILES string of the molecule is CC(=O)N1CC2(CCN(CC(C)C3CCCCC3)CC2)c2cc(F)ccc21. The predicted molar refractivity (Wildman–Crippen MR) is 108 cm³/mol. The molecular formula is C23H33FN2O. The fraction of sp³-hybridized carbons (Fsp3) is 0.696. The van der Waals surface area contributed by atoms with Gasteiger partial charge in [0.05, 0.1) is 0 Å². The normalized spacial score (nSPS) is 24.2. The summed E-state index contributed by atoms with van der Waals surface area (Å²) < 4.78 is 14.0. The van der Waals surface area contributed by atoms with Crippen molar-refractivity contribution in [2.45, 2.75) is 64.2 Å². The lowest BCUT2D eigenvalue weighted by Gasteiger charge is -2.41. The molecule has 0 N–H and O–H groups in total. The van der Waals surface area contributed by atoms with E-state index in [9.17, 15) is 9.18 Å². The van der Waals surface area contributed by atoms with E-state index >= 15 is 0 Å². The third kappa shape index (κ3) is 3.65. The molecule has 1 aliphatic carbocycles. The molecule has 148 valence electrons. The number of likely N-dealkylation sites (tertiary alicyclic amines) is 1. The molecule has 1 saturated heterocycles. The predicted octanol–water partition coefficient (Wildman–Crippen LogP) is 4.74. The first kappa shape index (κ1) is 18.9. The second kappa shape index (κ2) is 7.54. The molecule has 0 aromatic heterocycles. The topological polar surface area (TPSA) is 23.6 Å². The molecule has 3 nitrogen and oxygen atoms in total. The standard InChI is InChI=1S/C23H33FN2O/c1-17(19-6-4-3-5-7-19)15-25-12-10-23(11-13-25)16-26(18(2)27)22-9-8-20(24)14-21(22)23/h8-9,14,17,19H,3-7,10-13,15-16H2,1-2H3. The molecule has 1 unspecified atom stereocenters. The Hall–Kier alpha value is -1.42. The van der Waals surface area contributed by atoms with Gasteiger partial charge in [-0.15, -0.1) is 0 Å². The summed E-state index contributed by atoms with van der Waals surface area (Å²) in [5.74, 6) is 1.53. The zero-order valence-electron chi connectivity index (χ0n) is 16.8. The number of piperidine rings is 1. The number of nitrogens with zero attached hydrogens (tertiary/aromatic N) is 2. The maximum atomic E-state index is 14.0. The maximum Gasteiger partial charge on any atom is 0.223 e. The molecule has 1 aromatic carbocycles. The summed E-state index contributed by atoms with van der Waals surface area (Å²) in [7, 11) is 0. The van der Waals surface area contributed by atoms with Crippen LogP contribution >= 0.6 is 0 Å². The average Bonchev–Trinajstić information content (AvgIpc) is 2.98. The van der Waals surface area contributed by atoms with Crippen LogP contribution in [0.25, 0.3) is 0 Å². The molecule has 4 heteroatoms. The number of rotatable bonds is 3. The van der Waals surface area contributed by atoms with Gasteiger partial charge < -0.3 is 9.80 Å². The molecule has 1 aromatic rings. The van der Waals surface area contributed by atoms with E-state index < -0.39 is 0 Å². The average molecular weight is 373 g/mol. The van der Waals surface area contributed by atoms with Gasteiger partial charge in [0.25, 0.3) is 0 Å². The van der Waals surface area contributed by atoms with Gasteiger partial charge in [-0.1, -0.05) is 39.0 Å². The number of fused-ring (bicyclic) bond motifs is 2. The quantitative estimate of drug-likeness (QED) is 0.765. The number of anilines is 1. The Kier molecular flexibility index (Phi) is 5.28. The van der Waals surface area contributed by atoms with E-state index in [-0.39, 0.29) is 17.1 Å². The minimum Gasteiger partial charge on any atom is -0.311 e. The molecule has 3 aliphatic rings. The molecule has 2 aliphatic heterocycles. The van der Waals surface area contributed by atoms with Gasteiger partial charge in [-0.2, -0.15) is 0 Å². The summed E-state index contributed by atoms with van der Waals surface area (Å²) >= 11 is 0. The molecule has 4 rings (SSSR count). The van der Waals surface area contributed by atoms with Gasteiger partial charge in [-0.25, -0.2) is 4.39 Å². The van der Waals surface area contributed by atoms with Crippen molar-refractivity contribution >= 4 is 11.6 Å². The smallest absolute Gasteiger partial charge is 0.223 e. The first-order chi connectivity index (χ1) is 13.0. The van der Waals surface area contributed by atoms with Crippen molar-refractivity contribution in [3.63, 3.8) is 0 Å². The lowest BCUT2D eigenvalue weighted by atomic mass is 9.74. The first-order valence-electron chi connectivity index (χ1n) is 10.8. The molecule has 1 amide bonds. The monoisotopic (exact) mass is 372 g/mol. The van der Waals surface area contributed by atoms with Crippen LogP contribution in [0.1, 0.15) is 64.4 Å². The van der Waals surface area contributed by atoms with E-state index in [0.717, 1.165) is 49.0 Å². The minimum absolute atomic E-state index is 0.0618. The van der Waals surface area contributed by atoms with Crippen molar-refractivity contribution < 1.29 is 9.18 Å². The van der Waals surface area contributed by atoms with Gasteiger partial charge in [0.2, 0.25) is 5.91 Å². The summed E-state index contributed by atoms with van der Waals surface area (Å²) in [5.41, 5.74) is 1.92. The molecular weight excluding hydrogens is 339 g/mol. The second-order valence-electron chi connectivity index (χ2n) is 9.22. The highest BCUT2D eigenvalue weighted by Gasteiger charge is 2.46. The molecule has 1 spiro atoms. The van der Waals surface area contributed by atoms with Crippen LogP contribution < -0.4 is 4.90 Å². The van der Waals surface area contributed by atoms with Crippen molar-refractivity contribution in [3.05, 3.63) is 29.6 Å². The maximum absolute atomic E-state index is 14.0. The number of halogens is 1. The summed E-state index contributed by atoms with van der Waals surface area (Å²) in [6, 6.07) is 4.95. The van der Waals surface area contributed by atoms with Crippen LogP contribution in [-0.4, -0.2) is 37.0 Å². The summed E-state index contributed by atoms with van der Waals surface area (Å²) in [6.07, 6.45) is 9.06. The van der Waals surface area contributed by atoms with E-state index in [1.807, 2.05) is 4.90 Å². The van der Waals surface area contributed by atoms with Gasteiger partial charge in [0.15, 0.2) is 0 Å². The van der Waals surface area contributed by atoms with E-state index in [1.165, 1.54) is 44.7 Å². The molecule has 2 heterocycles. The van der Waals surface area contributed by atoms with E-state index in [1.54, 1.807) is 19.1 Å². The number of hydrogen-bond acceptors (Lipinski definition) is 2. The number of carbonyl (C=O) groups is 1. The van der Waals surface area contributed by atoms with Crippen molar-refractivity contribution in [2.24, 2.45) is 11.8 Å². The molecule has 0 bridgehead atoms. The summed E-state index contributed by atoms with van der Waals surface area (Å²) in [6.45, 7) is 8.06. The number of carbonyl (C=O) groups excluding carboxylic acids is 1. The second-order valence-corrected chi connectivity index (χ2v) is 9.22. The summed E-state index contributed by atoms with van der Waals surface area (Å²) in [5, 5.41) is 0. The zero-order chi connectivity index (χ0) is 19.0. The summed E-state index contributed by atoms with van der Waals surface area (Å²) in [4.78, 5) is 16.6. The Labute approximate surface area is 162 Å². The highest BCUT2D eigenvalue weighted by molar-refractivity contribution is 5.94. The van der Waals surface area contributed by atoms with Crippen LogP contribution in [0.5, 0.6) is 0 Å². The van der Waals surface area contributed by atoms with Crippen LogP contribution in [0.2, 0.25) is 0 Å². The van der Waals surface area contributed by atoms with E-state index in [2.05, 4.69) is 11.8 Å². The Balaban J connectivity index is 1.44. The van der Waals surface area contributed by atoms with Crippen LogP contribution in [0.15, 0.2) is 18.2 Å². The van der Waals surface area contributed by atoms with Crippen LogP contribution in [0.3, 0.4) is 0 Å². The lowest BCUT2D eigenvalue weighted by molar-refractivity contribution is -0.116. The van der Waals surface area contributed by atoms with Crippen molar-refractivity contribution in [1.29, 1.82) is 0 Å². The van der Waals surface area contributed by atoms with Gasteiger partial charge in [-0.05, 0) is 61.5 Å². The number of amides is 1. The van der Waals surface area contributed by atoms with Crippen molar-refractivity contribution in [1.82, 2.24) is 4.90 Å². The lowest BCUT2D eigenvalue weighted by Crippen LogP contribution is -2.47. The Morgan fingerprint density at radius 3 is 2.59 bits per heavy atom. The first-order valence-corrected chi connectivity index (χ1v) is 10.8. The van der Waals surface area contributed by atoms with Gasteiger partial charge in [-0.3, -0.25) is 4.79 Å². The third-order valence-electron chi connectivity index (χ3n) is 7.48. The van der Waals surface area contributed by atoms with Crippen LogP contribution in [-0.2, 0) is 10.2 Å². The fourth-order valence-electron chi connectivity index (χ4n) is 5.77. The van der Waals surface area contributed by atoms with Gasteiger partial charge >= 0.3 is 0 Å². The molecule has 2 fully saturated rings. The molecule has 0 radical (unpaired) electrons.